The molecule has 6 heteroatoms. The number of nitrogens with zero attached hydrogens (tertiary/aromatic N) is 1. The summed E-state index contributed by atoms with van der Waals surface area (Å²) in [6.45, 7) is 0.730. The van der Waals surface area contributed by atoms with Crippen LogP contribution >= 0.6 is 11.8 Å². The topological polar surface area (TPSA) is 77.8 Å². The van der Waals surface area contributed by atoms with E-state index in [4.69, 9.17) is 5.11 Å². The number of aliphatic hydroxyl groups excluding tert-OH is 1. The van der Waals surface area contributed by atoms with Crippen LogP contribution in [0, 0.1) is 5.92 Å². The number of hydrogen-bond donors (Lipinski definition) is 2. The third kappa shape index (κ3) is 8.52. The third-order valence-electron chi connectivity index (χ3n) is 5.32. The first-order valence-corrected chi connectivity index (χ1v) is 11.3. The molecule has 0 bridgehead atoms. The van der Waals surface area contributed by atoms with Gasteiger partial charge in [0.15, 0.2) is 0 Å². The molecule has 0 aromatic rings. The first-order valence-electron chi connectivity index (χ1n) is 10.2. The summed E-state index contributed by atoms with van der Waals surface area (Å²) >= 11 is 1.72. The highest BCUT2D eigenvalue weighted by molar-refractivity contribution is 7.99. The number of piperidine rings is 1. The molecule has 2 N–H and O–H groups in total. The molecule has 152 valence electrons. The molecule has 1 aliphatic heterocycles. The monoisotopic (exact) mass is 395 g/mol. The normalized spacial score (nSPS) is 23.6. The molecule has 1 aliphatic carbocycles. The number of aliphatic carboxylic acids is 1. The van der Waals surface area contributed by atoms with Crippen molar-refractivity contribution in [2.24, 2.45) is 5.92 Å². The summed E-state index contributed by atoms with van der Waals surface area (Å²) < 4.78 is 0. The molecule has 2 aliphatic rings. The number of carboxylic acids is 1. The number of amides is 1. The Labute approximate surface area is 166 Å². The molecule has 2 unspecified atom stereocenters. The van der Waals surface area contributed by atoms with Gasteiger partial charge in [-0.2, -0.15) is 11.8 Å². The summed E-state index contributed by atoms with van der Waals surface area (Å²) in [6, 6.07) is 0.238. The Bertz CT molecular complexity index is 534. The van der Waals surface area contributed by atoms with Crippen molar-refractivity contribution in [2.75, 3.05) is 18.1 Å². The highest BCUT2D eigenvalue weighted by Crippen LogP contribution is 2.25. The molecule has 1 fully saturated rings. The van der Waals surface area contributed by atoms with Crippen molar-refractivity contribution in [3.8, 4) is 0 Å². The first kappa shape index (κ1) is 22.0. The highest BCUT2D eigenvalue weighted by atomic mass is 32.2. The summed E-state index contributed by atoms with van der Waals surface area (Å²) in [7, 11) is 0. The smallest absolute Gasteiger partial charge is 0.303 e. The molecule has 0 spiro atoms. The minimum absolute atomic E-state index is 0.210. The van der Waals surface area contributed by atoms with Crippen LogP contribution in [-0.2, 0) is 9.59 Å². The maximum Gasteiger partial charge on any atom is 0.303 e. The Morgan fingerprint density at radius 1 is 1.33 bits per heavy atom. The molecule has 1 amide bonds. The quantitative estimate of drug-likeness (QED) is 0.494. The minimum Gasteiger partial charge on any atom is -0.481 e. The summed E-state index contributed by atoms with van der Waals surface area (Å²) in [5, 5.41) is 19.0. The molecule has 0 radical (unpaired) electrons. The molecule has 1 saturated heterocycles. The van der Waals surface area contributed by atoms with E-state index in [1.54, 1.807) is 11.8 Å². The SMILES string of the molecule is O=C(O)CCCSCCN1C(=O)CCC[C@@H]1CCC(O)CC1C=CC=CC1. The van der Waals surface area contributed by atoms with Gasteiger partial charge in [-0.25, -0.2) is 0 Å². The van der Waals surface area contributed by atoms with E-state index in [0.717, 1.165) is 56.6 Å². The lowest BCUT2D eigenvalue weighted by Gasteiger charge is -2.36. The van der Waals surface area contributed by atoms with Crippen LogP contribution in [0.25, 0.3) is 0 Å². The van der Waals surface area contributed by atoms with Crippen LogP contribution in [-0.4, -0.2) is 57.2 Å². The van der Waals surface area contributed by atoms with E-state index in [0.29, 0.717) is 18.8 Å². The van der Waals surface area contributed by atoms with Gasteiger partial charge in [-0.15, -0.1) is 0 Å². The van der Waals surface area contributed by atoms with Gasteiger partial charge in [0.05, 0.1) is 6.10 Å². The number of hydrogen-bond acceptors (Lipinski definition) is 4. The molecule has 2 rings (SSSR count). The third-order valence-corrected chi connectivity index (χ3v) is 6.37. The number of carboxylic acid groups (broad SMARTS) is 1. The standard InChI is InChI=1S/C21H33NO4S/c23-19(16-17-6-2-1-3-7-17)12-11-18-8-4-9-20(24)22(18)13-15-27-14-5-10-21(25)26/h1-3,6,17-19,23H,4-5,7-16H2,(H,25,26)/t17?,18-,19?/m1/s1. The van der Waals surface area contributed by atoms with Gasteiger partial charge in [-0.3, -0.25) is 9.59 Å². The minimum atomic E-state index is -0.750. The predicted octanol–water partition coefficient (Wildman–Crippen LogP) is 3.63. The predicted molar refractivity (Wildman–Crippen MR) is 110 cm³/mol. The molecule has 0 aromatic heterocycles. The van der Waals surface area contributed by atoms with Crippen LogP contribution in [0.15, 0.2) is 24.3 Å². The van der Waals surface area contributed by atoms with Gasteiger partial charge in [0.25, 0.3) is 0 Å². The van der Waals surface area contributed by atoms with Crippen molar-refractivity contribution in [3.05, 3.63) is 24.3 Å². The fourth-order valence-electron chi connectivity index (χ4n) is 3.85. The van der Waals surface area contributed by atoms with E-state index < -0.39 is 5.97 Å². The Kier molecular flexibility index (Phi) is 9.98. The molecular weight excluding hydrogens is 362 g/mol. The summed E-state index contributed by atoms with van der Waals surface area (Å²) in [4.78, 5) is 24.9. The fourth-order valence-corrected chi connectivity index (χ4v) is 4.73. The largest absolute Gasteiger partial charge is 0.481 e. The van der Waals surface area contributed by atoms with E-state index in [1.165, 1.54) is 0 Å². The van der Waals surface area contributed by atoms with Crippen molar-refractivity contribution in [1.29, 1.82) is 0 Å². The summed E-state index contributed by atoms with van der Waals surface area (Å²) in [6.07, 6.45) is 15.0. The summed E-state index contributed by atoms with van der Waals surface area (Å²) in [5.41, 5.74) is 0. The van der Waals surface area contributed by atoms with E-state index in [2.05, 4.69) is 18.2 Å². The fraction of sp³-hybridized carbons (Fsp3) is 0.714. The number of carbonyl (C=O) groups excluding carboxylic acids is 1. The molecule has 1 heterocycles. The van der Waals surface area contributed by atoms with Crippen LogP contribution in [0.5, 0.6) is 0 Å². The van der Waals surface area contributed by atoms with E-state index in [9.17, 15) is 14.7 Å². The van der Waals surface area contributed by atoms with Crippen LogP contribution in [0.4, 0.5) is 0 Å². The van der Waals surface area contributed by atoms with Crippen LogP contribution in [0.3, 0.4) is 0 Å². The molecule has 3 atom stereocenters. The second-order valence-corrected chi connectivity index (χ2v) is 8.74. The number of allylic oxidation sites excluding steroid dienone is 4. The Balaban J connectivity index is 1.69. The van der Waals surface area contributed by atoms with Gasteiger partial charge in [0, 0.05) is 31.2 Å². The Hall–Kier alpha value is -1.27. The van der Waals surface area contributed by atoms with Crippen LogP contribution in [0.2, 0.25) is 0 Å². The maximum atomic E-state index is 12.3. The lowest BCUT2D eigenvalue weighted by molar-refractivity contribution is -0.137. The number of likely N-dealkylation sites (tertiary alicyclic amines) is 1. The van der Waals surface area contributed by atoms with Crippen molar-refractivity contribution in [2.45, 2.75) is 69.9 Å². The first-order chi connectivity index (χ1) is 13.1. The maximum absolute atomic E-state index is 12.3. The number of rotatable bonds is 12. The van der Waals surface area contributed by atoms with Crippen LogP contribution < -0.4 is 0 Å². The zero-order chi connectivity index (χ0) is 19.5. The Morgan fingerprint density at radius 2 is 2.19 bits per heavy atom. The van der Waals surface area contributed by atoms with E-state index in [1.807, 2.05) is 11.0 Å². The van der Waals surface area contributed by atoms with Crippen molar-refractivity contribution < 1.29 is 19.8 Å². The zero-order valence-corrected chi connectivity index (χ0v) is 16.9. The lowest BCUT2D eigenvalue weighted by atomic mass is 9.90. The van der Waals surface area contributed by atoms with Crippen LogP contribution in [0.1, 0.15) is 57.8 Å². The second-order valence-electron chi connectivity index (χ2n) is 7.52. The second kappa shape index (κ2) is 12.2. The molecule has 0 aromatic carbocycles. The van der Waals surface area contributed by atoms with Crippen molar-refractivity contribution in [3.63, 3.8) is 0 Å². The molecule has 0 saturated carbocycles. The molecule has 5 nitrogen and oxygen atoms in total. The van der Waals surface area contributed by atoms with Crippen molar-refractivity contribution >= 4 is 23.6 Å². The highest BCUT2D eigenvalue weighted by Gasteiger charge is 2.28. The number of thioether (sulfide) groups is 1. The number of carbonyl (C=O) groups is 2. The zero-order valence-electron chi connectivity index (χ0n) is 16.1. The summed E-state index contributed by atoms with van der Waals surface area (Å²) in [5.74, 6) is 1.58. The van der Waals surface area contributed by atoms with E-state index in [-0.39, 0.29) is 24.5 Å². The van der Waals surface area contributed by atoms with E-state index >= 15 is 0 Å². The van der Waals surface area contributed by atoms with Gasteiger partial charge in [0.1, 0.15) is 0 Å². The Morgan fingerprint density at radius 3 is 2.93 bits per heavy atom. The average molecular weight is 396 g/mol. The van der Waals surface area contributed by atoms with Gasteiger partial charge >= 0.3 is 5.97 Å². The molecule has 27 heavy (non-hydrogen) atoms. The van der Waals surface area contributed by atoms with Gasteiger partial charge < -0.3 is 15.1 Å². The van der Waals surface area contributed by atoms with Gasteiger partial charge in [-0.1, -0.05) is 24.3 Å². The molecular formula is C21H33NO4S. The van der Waals surface area contributed by atoms with Gasteiger partial charge in [-0.05, 0) is 56.6 Å². The average Bonchev–Trinajstić information content (AvgIpc) is 2.65. The van der Waals surface area contributed by atoms with Crippen molar-refractivity contribution in [1.82, 2.24) is 4.90 Å². The van der Waals surface area contributed by atoms with Gasteiger partial charge in [0.2, 0.25) is 5.91 Å². The number of aliphatic hydroxyl groups is 1. The lowest BCUT2D eigenvalue weighted by Crippen LogP contribution is -2.45.